The molecule has 1 aromatic heterocycles. The topological polar surface area (TPSA) is 64.2 Å². The molecule has 5 nitrogen and oxygen atoms in total. The van der Waals surface area contributed by atoms with Crippen molar-refractivity contribution in [2.45, 2.75) is 57.5 Å². The molecule has 1 saturated carbocycles. The van der Waals surface area contributed by atoms with Crippen LogP contribution in [0.4, 0.5) is 0 Å². The zero-order chi connectivity index (χ0) is 14.8. The highest BCUT2D eigenvalue weighted by Crippen LogP contribution is 2.29. The Labute approximate surface area is 126 Å². The minimum atomic E-state index is 0.159. The van der Waals surface area contributed by atoms with E-state index in [0.717, 1.165) is 57.4 Å². The van der Waals surface area contributed by atoms with Gasteiger partial charge in [-0.1, -0.05) is 6.92 Å². The van der Waals surface area contributed by atoms with Crippen LogP contribution in [0.1, 0.15) is 50.9 Å². The van der Waals surface area contributed by atoms with Crippen molar-refractivity contribution in [2.24, 2.45) is 11.7 Å². The van der Waals surface area contributed by atoms with Gasteiger partial charge in [0.05, 0.1) is 6.04 Å². The summed E-state index contributed by atoms with van der Waals surface area (Å²) >= 11 is 0. The first-order chi connectivity index (χ1) is 10.2. The number of piperidine rings is 1. The van der Waals surface area contributed by atoms with E-state index in [1.54, 1.807) is 0 Å². The van der Waals surface area contributed by atoms with Crippen molar-refractivity contribution in [1.82, 2.24) is 14.5 Å². The molecule has 2 aliphatic rings. The van der Waals surface area contributed by atoms with Crippen molar-refractivity contribution in [3.8, 4) is 0 Å². The molecule has 0 radical (unpaired) electrons. The van der Waals surface area contributed by atoms with Crippen molar-refractivity contribution in [1.29, 1.82) is 0 Å². The number of nitrogens with zero attached hydrogens (tertiary/aromatic N) is 3. The van der Waals surface area contributed by atoms with E-state index in [0.29, 0.717) is 11.9 Å². The van der Waals surface area contributed by atoms with Gasteiger partial charge in [-0.2, -0.15) is 0 Å². The minimum Gasteiger partial charge on any atom is -0.340 e. The molecule has 5 heteroatoms. The molecule has 3 rings (SSSR count). The monoisotopic (exact) mass is 290 g/mol. The van der Waals surface area contributed by atoms with Crippen molar-refractivity contribution in [3.63, 3.8) is 0 Å². The van der Waals surface area contributed by atoms with E-state index in [4.69, 9.17) is 5.73 Å². The van der Waals surface area contributed by atoms with Gasteiger partial charge in [0.15, 0.2) is 0 Å². The molecular formula is C16H26N4O. The third kappa shape index (κ3) is 2.98. The Hall–Kier alpha value is -1.36. The number of carbonyl (C=O) groups is 1. The predicted octanol–water partition coefficient (Wildman–Crippen LogP) is 1.74. The second-order valence-corrected chi connectivity index (χ2v) is 6.45. The smallest absolute Gasteiger partial charge is 0.225 e. The molecule has 0 bridgehead atoms. The number of imidazole rings is 1. The summed E-state index contributed by atoms with van der Waals surface area (Å²) < 4.78 is 2.26. The van der Waals surface area contributed by atoms with Gasteiger partial charge in [0.1, 0.15) is 5.82 Å². The van der Waals surface area contributed by atoms with Crippen molar-refractivity contribution in [3.05, 3.63) is 18.2 Å². The lowest BCUT2D eigenvalue weighted by Crippen LogP contribution is -2.43. The standard InChI is InChI=1S/C16H26N4O/c1-2-15-18-7-9-20(15)14-4-3-8-19(11-14)16(21)12-5-6-13(17)10-12/h7,9,12-14H,2-6,8,10-11,17H2,1H3. The first-order valence-electron chi connectivity index (χ1n) is 8.25. The highest BCUT2D eigenvalue weighted by Gasteiger charge is 2.33. The number of carbonyl (C=O) groups excluding carboxylic acids is 1. The SMILES string of the molecule is CCc1nccn1C1CCCN(C(=O)C2CCC(N)C2)C1. The molecule has 2 fully saturated rings. The summed E-state index contributed by atoms with van der Waals surface area (Å²) in [5, 5.41) is 0. The molecule has 1 aliphatic heterocycles. The summed E-state index contributed by atoms with van der Waals surface area (Å²) in [5.74, 6) is 1.61. The van der Waals surface area contributed by atoms with E-state index in [1.165, 1.54) is 0 Å². The van der Waals surface area contributed by atoms with Gasteiger partial charge in [0.25, 0.3) is 0 Å². The van der Waals surface area contributed by atoms with E-state index in [-0.39, 0.29) is 12.0 Å². The van der Waals surface area contributed by atoms with Crippen LogP contribution in [0.3, 0.4) is 0 Å². The lowest BCUT2D eigenvalue weighted by Gasteiger charge is -2.35. The van der Waals surface area contributed by atoms with Gasteiger partial charge < -0.3 is 15.2 Å². The fourth-order valence-corrected chi connectivity index (χ4v) is 3.83. The average Bonchev–Trinajstić information content (AvgIpc) is 3.15. The van der Waals surface area contributed by atoms with Gasteiger partial charge in [-0.25, -0.2) is 4.98 Å². The largest absolute Gasteiger partial charge is 0.340 e. The van der Waals surface area contributed by atoms with Gasteiger partial charge in [-0.15, -0.1) is 0 Å². The Morgan fingerprint density at radius 3 is 3.00 bits per heavy atom. The molecule has 1 saturated heterocycles. The normalized spacial score (nSPS) is 29.8. The van der Waals surface area contributed by atoms with Crippen LogP contribution in [-0.2, 0) is 11.2 Å². The summed E-state index contributed by atoms with van der Waals surface area (Å²) in [4.78, 5) is 19.1. The van der Waals surface area contributed by atoms with Gasteiger partial charge in [-0.05, 0) is 32.1 Å². The Kier molecular flexibility index (Phi) is 4.29. The number of aryl methyl sites for hydroxylation is 1. The minimum absolute atomic E-state index is 0.159. The Bertz CT molecular complexity index is 498. The van der Waals surface area contributed by atoms with Gasteiger partial charge in [0, 0.05) is 43.9 Å². The molecule has 1 aliphatic carbocycles. The third-order valence-corrected chi connectivity index (χ3v) is 4.99. The fourth-order valence-electron chi connectivity index (χ4n) is 3.83. The van der Waals surface area contributed by atoms with Gasteiger partial charge >= 0.3 is 0 Å². The Balaban J connectivity index is 1.67. The number of amides is 1. The van der Waals surface area contributed by atoms with Crippen LogP contribution in [0.2, 0.25) is 0 Å². The van der Waals surface area contributed by atoms with Crippen LogP contribution in [0, 0.1) is 5.92 Å². The maximum absolute atomic E-state index is 12.7. The Morgan fingerprint density at radius 2 is 2.29 bits per heavy atom. The van der Waals surface area contributed by atoms with Crippen molar-refractivity contribution >= 4 is 5.91 Å². The quantitative estimate of drug-likeness (QED) is 0.922. The van der Waals surface area contributed by atoms with Crippen LogP contribution in [-0.4, -0.2) is 39.5 Å². The molecule has 3 atom stereocenters. The van der Waals surface area contributed by atoms with Crippen LogP contribution >= 0.6 is 0 Å². The third-order valence-electron chi connectivity index (χ3n) is 4.99. The molecule has 116 valence electrons. The van der Waals surface area contributed by atoms with E-state index >= 15 is 0 Å². The van der Waals surface area contributed by atoms with Crippen LogP contribution in [0.5, 0.6) is 0 Å². The first-order valence-corrected chi connectivity index (χ1v) is 8.25. The van der Waals surface area contributed by atoms with Gasteiger partial charge in [-0.3, -0.25) is 4.79 Å². The van der Waals surface area contributed by atoms with E-state index in [2.05, 4.69) is 27.6 Å². The molecule has 1 amide bonds. The van der Waals surface area contributed by atoms with Crippen molar-refractivity contribution in [2.75, 3.05) is 13.1 Å². The number of nitrogens with two attached hydrogens (primary N) is 1. The highest BCUT2D eigenvalue weighted by molar-refractivity contribution is 5.79. The number of hydrogen-bond donors (Lipinski definition) is 1. The molecule has 0 aromatic carbocycles. The summed E-state index contributed by atoms with van der Waals surface area (Å²) in [5.41, 5.74) is 5.95. The number of hydrogen-bond acceptors (Lipinski definition) is 3. The van der Waals surface area contributed by atoms with Crippen LogP contribution in [0.15, 0.2) is 12.4 Å². The molecular weight excluding hydrogens is 264 g/mol. The fraction of sp³-hybridized carbons (Fsp3) is 0.750. The zero-order valence-electron chi connectivity index (χ0n) is 12.9. The molecule has 0 spiro atoms. The summed E-state index contributed by atoms with van der Waals surface area (Å²) in [6.45, 7) is 3.86. The van der Waals surface area contributed by atoms with Crippen LogP contribution < -0.4 is 5.73 Å². The first kappa shape index (κ1) is 14.6. The summed E-state index contributed by atoms with van der Waals surface area (Å²) in [6.07, 6.45) is 9.91. The number of likely N-dealkylation sites (tertiary alicyclic amines) is 1. The van der Waals surface area contributed by atoms with Crippen LogP contribution in [0.25, 0.3) is 0 Å². The van der Waals surface area contributed by atoms with Crippen molar-refractivity contribution < 1.29 is 4.79 Å². The van der Waals surface area contributed by atoms with E-state index in [9.17, 15) is 4.79 Å². The van der Waals surface area contributed by atoms with E-state index < -0.39 is 0 Å². The molecule has 1 aromatic rings. The van der Waals surface area contributed by atoms with Gasteiger partial charge in [0.2, 0.25) is 5.91 Å². The lowest BCUT2D eigenvalue weighted by atomic mass is 10.0. The lowest BCUT2D eigenvalue weighted by molar-refractivity contribution is -0.137. The number of aromatic nitrogens is 2. The maximum Gasteiger partial charge on any atom is 0.225 e. The summed E-state index contributed by atoms with van der Waals surface area (Å²) in [7, 11) is 0. The molecule has 2 N–H and O–H groups in total. The molecule has 21 heavy (non-hydrogen) atoms. The van der Waals surface area contributed by atoms with E-state index in [1.807, 2.05) is 6.20 Å². The highest BCUT2D eigenvalue weighted by atomic mass is 16.2. The molecule has 2 heterocycles. The second kappa shape index (κ2) is 6.18. The predicted molar refractivity (Wildman–Crippen MR) is 81.8 cm³/mol. The summed E-state index contributed by atoms with van der Waals surface area (Å²) in [6, 6.07) is 0.607. The zero-order valence-corrected chi connectivity index (χ0v) is 12.9. The number of rotatable bonds is 3. The second-order valence-electron chi connectivity index (χ2n) is 6.45. The average molecular weight is 290 g/mol. The Morgan fingerprint density at radius 1 is 1.43 bits per heavy atom. The maximum atomic E-state index is 12.7. The molecule has 3 unspecified atom stereocenters.